The van der Waals surface area contributed by atoms with E-state index in [9.17, 15) is 34.6 Å². The van der Waals surface area contributed by atoms with Crippen LogP contribution in [0.25, 0.3) is 0 Å². The zero-order valence-corrected chi connectivity index (χ0v) is 14.7. The summed E-state index contributed by atoms with van der Waals surface area (Å²) >= 11 is 0. The lowest BCUT2D eigenvalue weighted by molar-refractivity contribution is -0.306. The Morgan fingerprint density at radius 2 is 2.00 bits per heavy atom. The number of nitrogens with zero attached hydrogens (tertiary/aromatic N) is 1. The van der Waals surface area contributed by atoms with Crippen LogP contribution in [0.3, 0.4) is 0 Å². The van der Waals surface area contributed by atoms with Gasteiger partial charge in [0, 0.05) is 12.4 Å². The minimum absolute atomic E-state index is 0. The number of hydrogen-bond acceptors (Lipinski definition) is 9. The number of aryl methyl sites for hydroxylation is 1. The number of aliphatic carboxylic acids is 1. The van der Waals surface area contributed by atoms with Crippen molar-refractivity contribution in [1.29, 1.82) is 0 Å². The van der Waals surface area contributed by atoms with Crippen molar-refractivity contribution >= 4 is 24.6 Å². The van der Waals surface area contributed by atoms with E-state index in [1.165, 1.54) is 11.0 Å². The molecule has 29 heavy (non-hydrogen) atoms. The van der Waals surface area contributed by atoms with E-state index in [1.54, 1.807) is 6.07 Å². The molecular formula is C17H23BN2O9-2. The maximum Gasteiger partial charge on any atom is 0.430 e. The number of hydrogen-bond donors (Lipinski definition) is 4. The Morgan fingerprint density at radius 1 is 1.34 bits per heavy atom. The summed E-state index contributed by atoms with van der Waals surface area (Å²) in [4.78, 5) is 35.5. The number of nitrogens with two attached hydrogens (primary N) is 1. The summed E-state index contributed by atoms with van der Waals surface area (Å²) in [5.74, 6) is -3.53. The lowest BCUT2D eigenvalue weighted by Crippen LogP contribution is -2.60. The molecule has 12 heteroatoms. The average molecular weight is 410 g/mol. The van der Waals surface area contributed by atoms with E-state index < -0.39 is 43.2 Å². The van der Waals surface area contributed by atoms with Crippen molar-refractivity contribution in [2.24, 2.45) is 5.73 Å². The molecule has 1 aromatic carbocycles. The third-order valence-electron chi connectivity index (χ3n) is 4.67. The van der Waals surface area contributed by atoms with Gasteiger partial charge >= 0.3 is 12.7 Å². The summed E-state index contributed by atoms with van der Waals surface area (Å²) in [5.41, 5.74) is 5.69. The molecule has 1 fully saturated rings. The first-order valence-corrected chi connectivity index (χ1v) is 8.67. The summed E-state index contributed by atoms with van der Waals surface area (Å²) in [5, 5.41) is 39.5. The van der Waals surface area contributed by atoms with Gasteiger partial charge in [-0.15, -0.1) is 0 Å². The fourth-order valence-electron chi connectivity index (χ4n) is 3.20. The minimum Gasteiger partial charge on any atom is -0.669 e. The van der Waals surface area contributed by atoms with Gasteiger partial charge in [-0.05, 0) is 18.1 Å². The highest BCUT2D eigenvalue weighted by atomic mass is 16.6. The number of rotatable bonds is 6. The first kappa shape index (κ1) is 22.5. The molecule has 1 amide bonds. The number of carbonyl (C=O) groups excluding carboxylic acids is 2. The van der Waals surface area contributed by atoms with E-state index >= 15 is 0 Å². The topological polar surface area (TPSA) is 183 Å². The highest BCUT2D eigenvalue weighted by Crippen LogP contribution is 2.38. The van der Waals surface area contributed by atoms with Crippen LogP contribution in [-0.4, -0.2) is 69.9 Å². The Balaban J connectivity index is 0.00000300. The smallest absolute Gasteiger partial charge is 0.430 e. The Morgan fingerprint density at radius 3 is 2.59 bits per heavy atom. The molecule has 2 aliphatic heterocycles. The van der Waals surface area contributed by atoms with E-state index in [4.69, 9.17) is 15.1 Å². The maximum absolute atomic E-state index is 12.0. The quantitative estimate of drug-likeness (QED) is 0.380. The summed E-state index contributed by atoms with van der Waals surface area (Å²) in [6, 6.07) is 1.81. The summed E-state index contributed by atoms with van der Waals surface area (Å²) < 4.78 is 10.7. The molecule has 0 aromatic heterocycles. The number of carboxylic acid groups (broad SMARTS) is 2. The van der Waals surface area contributed by atoms with Gasteiger partial charge in [0.2, 0.25) is 5.91 Å². The molecule has 1 aromatic rings. The molecule has 2 heterocycles. The second kappa shape index (κ2) is 8.27. The lowest BCUT2D eigenvalue weighted by Gasteiger charge is -2.41. The molecule has 0 spiro atoms. The molecule has 0 bridgehead atoms. The van der Waals surface area contributed by atoms with Gasteiger partial charge in [0.15, 0.2) is 0 Å². The Kier molecular flexibility index (Phi) is 6.41. The number of carboxylic acids is 2. The maximum atomic E-state index is 12.0. The Bertz CT molecular complexity index is 823. The van der Waals surface area contributed by atoms with Crippen LogP contribution < -0.4 is 20.2 Å². The molecule has 5 N–H and O–H groups in total. The van der Waals surface area contributed by atoms with Crippen LogP contribution in [0.5, 0.6) is 11.5 Å². The van der Waals surface area contributed by atoms with Crippen molar-refractivity contribution in [2.75, 3.05) is 13.1 Å². The van der Waals surface area contributed by atoms with Crippen molar-refractivity contribution in [3.63, 3.8) is 0 Å². The molecule has 1 atom stereocenters. The van der Waals surface area contributed by atoms with Crippen molar-refractivity contribution < 1.29 is 44.0 Å². The standard InChI is InChI=1S/C16H20BN2O9.CH4/c18-10(5-12(20)21)15(22)19-6-9(7-19)27-11-2-1-8-3-4-17(25,26)28-14(8)13(11)16(23)24;/h1-2,9-10,25-26H,3-7,18H2,(H,20,21)(H,23,24);1H4/q-1;/p-1/t10-;/m0./s1. The van der Waals surface area contributed by atoms with E-state index in [-0.39, 0.29) is 50.3 Å². The first-order valence-electron chi connectivity index (χ1n) is 8.67. The van der Waals surface area contributed by atoms with Crippen LogP contribution >= 0.6 is 0 Å². The summed E-state index contributed by atoms with van der Waals surface area (Å²) in [6.07, 6.45) is -0.932. The molecule has 0 aliphatic carbocycles. The molecule has 2 aliphatic rings. The highest BCUT2D eigenvalue weighted by molar-refractivity contribution is 6.59. The van der Waals surface area contributed by atoms with Crippen molar-refractivity contribution in [3.05, 3.63) is 23.3 Å². The largest absolute Gasteiger partial charge is 0.669 e. The SMILES string of the molecule is C.N[C@@H](CC(=O)[O-])C(=O)N1CC(Oc2ccc3c(c2C(=O)O)O[B-](O)(O)CC3)C1. The third-order valence-corrected chi connectivity index (χ3v) is 4.67. The van der Waals surface area contributed by atoms with Gasteiger partial charge in [0.1, 0.15) is 17.4 Å². The van der Waals surface area contributed by atoms with Crippen molar-refractivity contribution in [3.8, 4) is 11.5 Å². The zero-order chi connectivity index (χ0) is 20.6. The van der Waals surface area contributed by atoms with Crippen molar-refractivity contribution in [1.82, 2.24) is 4.90 Å². The van der Waals surface area contributed by atoms with Gasteiger partial charge in [-0.1, -0.05) is 19.8 Å². The number of aromatic carboxylic acids is 1. The number of fused-ring (bicyclic) bond motifs is 1. The monoisotopic (exact) mass is 410 g/mol. The molecule has 0 unspecified atom stereocenters. The van der Waals surface area contributed by atoms with E-state index in [0.717, 1.165) is 0 Å². The summed E-state index contributed by atoms with van der Waals surface area (Å²) in [7, 11) is 0. The number of benzene rings is 1. The van der Waals surface area contributed by atoms with Gasteiger partial charge in [-0.25, -0.2) is 4.79 Å². The normalized spacial score (nSPS) is 18.4. The van der Waals surface area contributed by atoms with E-state index in [1.807, 2.05) is 0 Å². The molecule has 0 saturated carbocycles. The zero-order valence-electron chi connectivity index (χ0n) is 14.7. The van der Waals surface area contributed by atoms with Gasteiger partial charge in [-0.3, -0.25) is 4.79 Å². The van der Waals surface area contributed by atoms with Gasteiger partial charge in [0.05, 0.1) is 24.9 Å². The fraction of sp³-hybridized carbons (Fsp3) is 0.471. The number of carbonyl (C=O) groups is 3. The van der Waals surface area contributed by atoms with Gasteiger partial charge < -0.3 is 45.1 Å². The lowest BCUT2D eigenvalue weighted by atomic mass is 9.70. The highest BCUT2D eigenvalue weighted by Gasteiger charge is 2.37. The van der Waals surface area contributed by atoms with Crippen LogP contribution in [0.4, 0.5) is 0 Å². The van der Waals surface area contributed by atoms with Gasteiger partial charge in [0.25, 0.3) is 0 Å². The Hall–Kier alpha value is -2.83. The number of likely N-dealkylation sites (tertiary alicyclic amines) is 1. The van der Waals surface area contributed by atoms with Crippen LogP contribution in [0.2, 0.25) is 6.32 Å². The minimum atomic E-state index is -3.14. The summed E-state index contributed by atoms with van der Waals surface area (Å²) in [6.45, 7) is -2.94. The molecule has 1 saturated heterocycles. The second-order valence-corrected chi connectivity index (χ2v) is 6.91. The van der Waals surface area contributed by atoms with Crippen molar-refractivity contribution in [2.45, 2.75) is 38.7 Å². The molecular weight excluding hydrogens is 387 g/mol. The van der Waals surface area contributed by atoms with Gasteiger partial charge in [-0.2, -0.15) is 0 Å². The molecule has 160 valence electrons. The average Bonchev–Trinajstić information content (AvgIpc) is 2.54. The molecule has 3 rings (SSSR count). The first-order chi connectivity index (χ1) is 13.1. The molecule has 11 nitrogen and oxygen atoms in total. The Labute approximate surface area is 166 Å². The van der Waals surface area contributed by atoms with Crippen LogP contribution in [0.15, 0.2) is 12.1 Å². The third kappa shape index (κ3) is 4.78. The number of ether oxygens (including phenoxy) is 1. The predicted molar refractivity (Wildman–Crippen MR) is 98.1 cm³/mol. The van der Waals surface area contributed by atoms with E-state index in [0.29, 0.717) is 5.56 Å². The predicted octanol–water partition coefficient (Wildman–Crippen LogP) is -2.06. The fourth-order valence-corrected chi connectivity index (χ4v) is 3.20. The second-order valence-electron chi connectivity index (χ2n) is 6.91. The number of amides is 1. The van der Waals surface area contributed by atoms with Crippen LogP contribution in [0, 0.1) is 0 Å². The van der Waals surface area contributed by atoms with Crippen LogP contribution in [-0.2, 0) is 16.0 Å². The van der Waals surface area contributed by atoms with Crippen LogP contribution in [0.1, 0.15) is 29.8 Å². The van der Waals surface area contributed by atoms with E-state index in [2.05, 4.69) is 0 Å². The molecule has 0 radical (unpaired) electrons.